The van der Waals surface area contributed by atoms with Gasteiger partial charge in [-0.25, -0.2) is 0 Å². The third-order valence-electron chi connectivity index (χ3n) is 4.94. The second kappa shape index (κ2) is 9.67. The molecule has 0 bridgehead atoms. The number of hydrogen-bond acceptors (Lipinski definition) is 3. The number of nitrogens with zero attached hydrogens (tertiary/aromatic N) is 1. The second-order valence-corrected chi connectivity index (χ2v) is 7.00. The molecule has 156 valence electrons. The van der Waals surface area contributed by atoms with E-state index in [9.17, 15) is 18.0 Å². The molecule has 7 heteroatoms. The van der Waals surface area contributed by atoms with Crippen LogP contribution in [0.15, 0.2) is 54.6 Å². The molecule has 0 radical (unpaired) electrons. The number of ether oxygens (including phenoxy) is 2. The van der Waals surface area contributed by atoms with Gasteiger partial charge in [-0.2, -0.15) is 0 Å². The number of carbonyl (C=O) groups excluding carboxylic acids is 1. The monoisotopic (exact) mass is 407 g/mol. The minimum absolute atomic E-state index is 0.0688. The van der Waals surface area contributed by atoms with Crippen LogP contribution in [0.1, 0.15) is 42.5 Å². The Morgan fingerprint density at radius 2 is 1.72 bits per heavy atom. The molecule has 1 aliphatic heterocycles. The van der Waals surface area contributed by atoms with Crippen LogP contribution in [0, 0.1) is 0 Å². The molecule has 0 aliphatic carbocycles. The maximum atomic E-state index is 13.1. The Hall–Kier alpha value is -2.70. The van der Waals surface area contributed by atoms with Crippen molar-refractivity contribution in [2.75, 3.05) is 13.2 Å². The fraction of sp³-hybridized carbons (Fsp3) is 0.409. The van der Waals surface area contributed by atoms with E-state index in [1.807, 2.05) is 30.3 Å². The van der Waals surface area contributed by atoms with Gasteiger partial charge in [0.05, 0.1) is 12.2 Å². The molecular formula is C22H24F3NO3. The van der Waals surface area contributed by atoms with Crippen LogP contribution in [0.4, 0.5) is 13.2 Å². The zero-order valence-electron chi connectivity index (χ0n) is 16.0. The highest BCUT2D eigenvalue weighted by Crippen LogP contribution is 2.29. The van der Waals surface area contributed by atoms with Crippen molar-refractivity contribution in [3.8, 4) is 11.5 Å². The lowest BCUT2D eigenvalue weighted by Gasteiger charge is -2.31. The first kappa shape index (κ1) is 21.0. The number of rotatable bonds is 6. The lowest BCUT2D eigenvalue weighted by atomic mass is 10.1. The van der Waals surface area contributed by atoms with Gasteiger partial charge < -0.3 is 14.4 Å². The summed E-state index contributed by atoms with van der Waals surface area (Å²) in [5.74, 6) is -0.145. The molecule has 1 atom stereocenters. The molecule has 3 rings (SSSR count). The zero-order chi connectivity index (χ0) is 20.7. The third-order valence-corrected chi connectivity index (χ3v) is 4.94. The van der Waals surface area contributed by atoms with Crippen LogP contribution in [-0.2, 0) is 0 Å². The summed E-state index contributed by atoms with van der Waals surface area (Å²) in [6.07, 6.45) is -0.654. The van der Waals surface area contributed by atoms with Crippen molar-refractivity contribution in [3.63, 3.8) is 0 Å². The summed E-state index contributed by atoms with van der Waals surface area (Å²) in [7, 11) is 0. The molecule has 1 amide bonds. The van der Waals surface area contributed by atoms with E-state index in [1.54, 1.807) is 11.0 Å². The molecule has 1 heterocycles. The van der Waals surface area contributed by atoms with Crippen molar-refractivity contribution < 1.29 is 27.4 Å². The van der Waals surface area contributed by atoms with E-state index in [0.717, 1.165) is 31.4 Å². The topological polar surface area (TPSA) is 38.8 Å². The average molecular weight is 407 g/mol. The maximum absolute atomic E-state index is 13.1. The SMILES string of the molecule is O=C(c1ccccc1OC(F)(F)F)N1CCCCCC1CCOc1ccccc1. The smallest absolute Gasteiger partial charge is 0.494 e. The summed E-state index contributed by atoms with van der Waals surface area (Å²) in [6.45, 7) is 0.939. The Bertz CT molecular complexity index is 795. The molecule has 4 nitrogen and oxygen atoms in total. The number of alkyl halides is 3. The van der Waals surface area contributed by atoms with Crippen LogP contribution in [0.25, 0.3) is 0 Å². The molecule has 1 unspecified atom stereocenters. The highest BCUT2D eigenvalue weighted by Gasteiger charge is 2.34. The van der Waals surface area contributed by atoms with E-state index >= 15 is 0 Å². The van der Waals surface area contributed by atoms with Crippen LogP contribution < -0.4 is 9.47 Å². The van der Waals surface area contributed by atoms with Gasteiger partial charge in [-0.1, -0.05) is 43.2 Å². The minimum atomic E-state index is -4.85. The Morgan fingerprint density at radius 1 is 1.00 bits per heavy atom. The summed E-state index contributed by atoms with van der Waals surface area (Å²) in [5, 5.41) is 0. The second-order valence-electron chi connectivity index (χ2n) is 7.00. The van der Waals surface area contributed by atoms with Gasteiger partial charge >= 0.3 is 6.36 Å². The average Bonchev–Trinajstić information content (AvgIpc) is 2.93. The van der Waals surface area contributed by atoms with E-state index in [0.29, 0.717) is 19.6 Å². The third kappa shape index (κ3) is 6.14. The van der Waals surface area contributed by atoms with Gasteiger partial charge in [-0.3, -0.25) is 4.79 Å². The van der Waals surface area contributed by atoms with Crippen molar-refractivity contribution in [3.05, 3.63) is 60.2 Å². The molecule has 0 saturated carbocycles. The largest absolute Gasteiger partial charge is 0.573 e. The summed E-state index contributed by atoms with van der Waals surface area (Å²) >= 11 is 0. The summed E-state index contributed by atoms with van der Waals surface area (Å²) in [6, 6.07) is 14.8. The Labute approximate surface area is 168 Å². The molecule has 1 saturated heterocycles. The highest BCUT2D eigenvalue weighted by atomic mass is 19.4. The maximum Gasteiger partial charge on any atom is 0.573 e. The first-order valence-electron chi connectivity index (χ1n) is 9.77. The molecule has 29 heavy (non-hydrogen) atoms. The zero-order valence-corrected chi connectivity index (χ0v) is 16.0. The Morgan fingerprint density at radius 3 is 2.48 bits per heavy atom. The highest BCUT2D eigenvalue weighted by molar-refractivity contribution is 5.97. The van der Waals surface area contributed by atoms with E-state index in [-0.39, 0.29) is 11.6 Å². The lowest BCUT2D eigenvalue weighted by molar-refractivity contribution is -0.274. The van der Waals surface area contributed by atoms with E-state index in [2.05, 4.69) is 4.74 Å². The number of benzene rings is 2. The van der Waals surface area contributed by atoms with Crippen LogP contribution in [0.2, 0.25) is 0 Å². The van der Waals surface area contributed by atoms with Crippen LogP contribution in [-0.4, -0.2) is 36.4 Å². The van der Waals surface area contributed by atoms with E-state index in [1.165, 1.54) is 18.2 Å². The van der Waals surface area contributed by atoms with Gasteiger partial charge in [0.15, 0.2) is 0 Å². The molecule has 0 N–H and O–H groups in total. The van der Waals surface area contributed by atoms with Gasteiger partial charge in [-0.05, 0) is 37.1 Å². The molecule has 1 aliphatic rings. The van der Waals surface area contributed by atoms with Gasteiger partial charge in [0.25, 0.3) is 5.91 Å². The van der Waals surface area contributed by atoms with Crippen LogP contribution in [0.5, 0.6) is 11.5 Å². The normalized spacial score (nSPS) is 17.5. The van der Waals surface area contributed by atoms with Gasteiger partial charge in [0.2, 0.25) is 0 Å². The van der Waals surface area contributed by atoms with E-state index in [4.69, 9.17) is 4.74 Å². The fourth-order valence-electron chi connectivity index (χ4n) is 3.59. The Balaban J connectivity index is 1.72. The van der Waals surface area contributed by atoms with E-state index < -0.39 is 18.0 Å². The standard InChI is InChI=1S/C22H24F3NO3/c23-22(24,25)29-20-13-7-6-12-19(20)21(27)26-15-8-2-3-9-17(26)14-16-28-18-10-4-1-5-11-18/h1,4-7,10-13,17H,2-3,8-9,14-16H2. The molecule has 2 aromatic carbocycles. The first-order chi connectivity index (χ1) is 13.9. The number of amides is 1. The molecular weight excluding hydrogens is 383 g/mol. The quantitative estimate of drug-likeness (QED) is 0.640. The first-order valence-corrected chi connectivity index (χ1v) is 9.77. The van der Waals surface area contributed by atoms with Crippen molar-refractivity contribution in [2.24, 2.45) is 0 Å². The molecule has 0 spiro atoms. The predicted octanol–water partition coefficient (Wildman–Crippen LogP) is 5.44. The van der Waals surface area contributed by atoms with Crippen LogP contribution in [0.3, 0.4) is 0 Å². The van der Waals surface area contributed by atoms with Gasteiger partial charge in [-0.15, -0.1) is 13.2 Å². The van der Waals surface area contributed by atoms with Crippen molar-refractivity contribution in [2.45, 2.75) is 44.5 Å². The number of hydrogen-bond donors (Lipinski definition) is 0. The van der Waals surface area contributed by atoms with Crippen molar-refractivity contribution in [1.82, 2.24) is 4.90 Å². The van der Waals surface area contributed by atoms with Gasteiger partial charge in [0.1, 0.15) is 11.5 Å². The van der Waals surface area contributed by atoms with Crippen molar-refractivity contribution >= 4 is 5.91 Å². The number of carbonyl (C=O) groups is 1. The minimum Gasteiger partial charge on any atom is -0.494 e. The number of para-hydroxylation sites is 2. The predicted molar refractivity (Wildman–Crippen MR) is 103 cm³/mol. The van der Waals surface area contributed by atoms with Gasteiger partial charge in [0, 0.05) is 19.0 Å². The lowest BCUT2D eigenvalue weighted by Crippen LogP contribution is -2.41. The molecule has 2 aromatic rings. The fourth-order valence-corrected chi connectivity index (χ4v) is 3.59. The number of halogens is 3. The molecule has 0 aromatic heterocycles. The number of likely N-dealkylation sites (tertiary alicyclic amines) is 1. The summed E-state index contributed by atoms with van der Waals surface area (Å²) < 4.78 is 48.0. The van der Waals surface area contributed by atoms with Crippen molar-refractivity contribution in [1.29, 1.82) is 0 Å². The molecule has 1 fully saturated rings. The summed E-state index contributed by atoms with van der Waals surface area (Å²) in [5.41, 5.74) is -0.0688. The summed E-state index contributed by atoms with van der Waals surface area (Å²) in [4.78, 5) is 14.8. The van der Waals surface area contributed by atoms with Crippen LogP contribution >= 0.6 is 0 Å². The Kier molecular flexibility index (Phi) is 7.01.